The molecule has 1 unspecified atom stereocenters. The van der Waals surface area contributed by atoms with E-state index in [2.05, 4.69) is 24.1 Å². The third-order valence-corrected chi connectivity index (χ3v) is 4.51. The van der Waals surface area contributed by atoms with Crippen molar-refractivity contribution in [1.29, 1.82) is 0 Å². The Kier molecular flexibility index (Phi) is 5.78. The molecule has 7 nitrogen and oxygen atoms in total. The molecule has 2 aromatic rings. The van der Waals surface area contributed by atoms with Crippen LogP contribution in [0.2, 0.25) is 0 Å². The Bertz CT molecular complexity index is 660. The van der Waals surface area contributed by atoms with Crippen molar-refractivity contribution in [2.24, 2.45) is 7.05 Å². The van der Waals surface area contributed by atoms with Crippen molar-refractivity contribution in [2.45, 2.75) is 32.4 Å². The molecular formula is C18H28N4O3. The van der Waals surface area contributed by atoms with Crippen molar-refractivity contribution < 1.29 is 14.3 Å². The highest BCUT2D eigenvalue weighted by Gasteiger charge is 2.24. The number of ether oxygens (including phenoxy) is 1. The molecule has 0 aromatic carbocycles. The minimum absolute atomic E-state index is 0.341. The van der Waals surface area contributed by atoms with Crippen molar-refractivity contribution >= 4 is 5.82 Å². The van der Waals surface area contributed by atoms with Crippen LogP contribution < -0.4 is 10.2 Å². The molecule has 0 amide bonds. The van der Waals surface area contributed by atoms with Crippen LogP contribution >= 0.6 is 0 Å². The number of rotatable bonds is 7. The number of aliphatic hydroxyl groups excluding tert-OH is 1. The molecule has 2 aromatic heterocycles. The molecule has 25 heavy (non-hydrogen) atoms. The molecule has 1 aliphatic heterocycles. The van der Waals surface area contributed by atoms with Crippen LogP contribution in [0, 0.1) is 0 Å². The summed E-state index contributed by atoms with van der Waals surface area (Å²) in [5.74, 6) is 2.07. The van der Waals surface area contributed by atoms with Crippen molar-refractivity contribution in [3.05, 3.63) is 35.4 Å². The number of morpholine rings is 1. The van der Waals surface area contributed by atoms with E-state index in [1.807, 2.05) is 11.7 Å². The molecule has 0 aliphatic carbocycles. The second-order valence-corrected chi connectivity index (χ2v) is 6.73. The minimum Gasteiger partial charge on any atom is -0.467 e. The number of hydrogen-bond acceptors (Lipinski definition) is 6. The predicted octanol–water partition coefficient (Wildman–Crippen LogP) is 1.80. The lowest BCUT2D eigenvalue weighted by atomic mass is 10.0. The molecule has 0 spiro atoms. The maximum absolute atomic E-state index is 10.2. The molecule has 2 N–H and O–H groups in total. The summed E-state index contributed by atoms with van der Waals surface area (Å²) in [6.07, 6.45) is 0.925. The van der Waals surface area contributed by atoms with E-state index in [1.54, 1.807) is 18.4 Å². The number of nitrogens with zero attached hydrogens (tertiary/aromatic N) is 3. The van der Waals surface area contributed by atoms with E-state index in [1.165, 1.54) is 5.56 Å². The van der Waals surface area contributed by atoms with Crippen LogP contribution in [0.5, 0.6) is 0 Å². The van der Waals surface area contributed by atoms with Gasteiger partial charge in [-0.2, -0.15) is 5.10 Å². The number of aliphatic hydroxyl groups is 1. The van der Waals surface area contributed by atoms with E-state index < -0.39 is 6.10 Å². The highest BCUT2D eigenvalue weighted by molar-refractivity contribution is 5.51. The van der Waals surface area contributed by atoms with Gasteiger partial charge in [0.2, 0.25) is 0 Å². The Morgan fingerprint density at radius 2 is 2.08 bits per heavy atom. The summed E-state index contributed by atoms with van der Waals surface area (Å²) < 4.78 is 12.7. The van der Waals surface area contributed by atoms with Crippen LogP contribution in [0.15, 0.2) is 22.8 Å². The van der Waals surface area contributed by atoms with E-state index in [4.69, 9.17) is 14.3 Å². The van der Waals surface area contributed by atoms with Crippen LogP contribution in [0.4, 0.5) is 5.82 Å². The quantitative estimate of drug-likeness (QED) is 0.795. The average Bonchev–Trinajstić information content (AvgIpc) is 3.24. The summed E-state index contributed by atoms with van der Waals surface area (Å²) in [5, 5.41) is 18.3. The Balaban J connectivity index is 1.73. The van der Waals surface area contributed by atoms with E-state index in [-0.39, 0.29) is 0 Å². The number of anilines is 1. The maximum Gasteiger partial charge on any atom is 0.133 e. The smallest absolute Gasteiger partial charge is 0.133 e. The molecule has 3 rings (SSSR count). The van der Waals surface area contributed by atoms with Crippen LogP contribution in [0.25, 0.3) is 0 Å². The van der Waals surface area contributed by atoms with Crippen LogP contribution in [-0.4, -0.2) is 47.7 Å². The molecule has 1 atom stereocenters. The summed E-state index contributed by atoms with van der Waals surface area (Å²) in [6.45, 7) is 8.64. The van der Waals surface area contributed by atoms with Gasteiger partial charge in [-0.15, -0.1) is 0 Å². The predicted molar refractivity (Wildman–Crippen MR) is 95.7 cm³/mol. The van der Waals surface area contributed by atoms with Gasteiger partial charge in [-0.05, 0) is 18.1 Å². The van der Waals surface area contributed by atoms with Gasteiger partial charge in [0.05, 0.1) is 25.2 Å². The summed E-state index contributed by atoms with van der Waals surface area (Å²) in [4.78, 5) is 2.34. The molecule has 0 bridgehead atoms. The summed E-state index contributed by atoms with van der Waals surface area (Å²) in [5.41, 5.74) is 2.30. The second-order valence-electron chi connectivity index (χ2n) is 6.73. The van der Waals surface area contributed by atoms with E-state index in [9.17, 15) is 5.11 Å². The third-order valence-electron chi connectivity index (χ3n) is 4.51. The third kappa shape index (κ3) is 4.05. The topological polar surface area (TPSA) is 75.7 Å². The fraction of sp³-hybridized carbons (Fsp3) is 0.611. The fourth-order valence-electron chi connectivity index (χ4n) is 3.30. The van der Waals surface area contributed by atoms with Gasteiger partial charge in [0.1, 0.15) is 17.7 Å². The highest BCUT2D eigenvalue weighted by atomic mass is 16.5. The Morgan fingerprint density at radius 1 is 1.32 bits per heavy atom. The van der Waals surface area contributed by atoms with Crippen LogP contribution in [0.1, 0.15) is 42.9 Å². The largest absolute Gasteiger partial charge is 0.467 e. The summed E-state index contributed by atoms with van der Waals surface area (Å²) in [7, 11) is 2.00. The zero-order valence-corrected chi connectivity index (χ0v) is 15.2. The van der Waals surface area contributed by atoms with Gasteiger partial charge in [0.15, 0.2) is 0 Å². The van der Waals surface area contributed by atoms with Gasteiger partial charge in [-0.25, -0.2) is 0 Å². The Hall–Kier alpha value is -1.83. The molecule has 0 saturated carbocycles. The molecule has 3 heterocycles. The number of aromatic nitrogens is 2. The molecule has 138 valence electrons. The second kappa shape index (κ2) is 8.03. The van der Waals surface area contributed by atoms with Gasteiger partial charge in [-0.1, -0.05) is 13.8 Å². The first-order valence-corrected chi connectivity index (χ1v) is 8.88. The van der Waals surface area contributed by atoms with Gasteiger partial charge in [0.25, 0.3) is 0 Å². The van der Waals surface area contributed by atoms with Crippen molar-refractivity contribution in [1.82, 2.24) is 15.1 Å². The van der Waals surface area contributed by atoms with E-state index in [0.717, 1.165) is 37.8 Å². The lowest BCUT2D eigenvalue weighted by molar-refractivity contribution is 0.122. The monoisotopic (exact) mass is 348 g/mol. The lowest BCUT2D eigenvalue weighted by Crippen LogP contribution is -2.38. The zero-order chi connectivity index (χ0) is 17.8. The fourth-order valence-corrected chi connectivity index (χ4v) is 3.30. The first kappa shape index (κ1) is 18.0. The van der Waals surface area contributed by atoms with Crippen LogP contribution in [0.3, 0.4) is 0 Å². The standard InChI is InChI=1S/C18H28N4O3/c1-13(2)17-14(11-19-12-15(23)16-5-4-8-25-16)18(21(3)20-17)22-6-9-24-10-7-22/h4-5,8,13,15,19,23H,6-7,9-12H2,1-3H3. The number of hydrogen-bond donors (Lipinski definition) is 2. The lowest BCUT2D eigenvalue weighted by Gasteiger charge is -2.29. The average molecular weight is 348 g/mol. The van der Waals surface area contributed by atoms with Crippen molar-refractivity contribution in [3.63, 3.8) is 0 Å². The van der Waals surface area contributed by atoms with Gasteiger partial charge >= 0.3 is 0 Å². The minimum atomic E-state index is -0.652. The normalized spacial score (nSPS) is 16.6. The SMILES string of the molecule is CC(C)c1nn(C)c(N2CCOCC2)c1CNCC(O)c1ccco1. The van der Waals surface area contributed by atoms with Gasteiger partial charge in [-0.3, -0.25) is 4.68 Å². The van der Waals surface area contributed by atoms with Gasteiger partial charge < -0.3 is 24.5 Å². The number of nitrogens with one attached hydrogen (secondary N) is 1. The zero-order valence-electron chi connectivity index (χ0n) is 15.2. The van der Waals surface area contributed by atoms with Gasteiger partial charge in [0, 0.05) is 38.8 Å². The van der Waals surface area contributed by atoms with Crippen LogP contribution in [-0.2, 0) is 18.3 Å². The Morgan fingerprint density at radius 3 is 2.72 bits per heavy atom. The number of aryl methyl sites for hydroxylation is 1. The first-order chi connectivity index (χ1) is 12.1. The van der Waals surface area contributed by atoms with E-state index in [0.29, 0.717) is 24.8 Å². The summed E-state index contributed by atoms with van der Waals surface area (Å²) in [6, 6.07) is 3.57. The summed E-state index contributed by atoms with van der Waals surface area (Å²) >= 11 is 0. The molecule has 7 heteroatoms. The molecular weight excluding hydrogens is 320 g/mol. The molecule has 1 saturated heterocycles. The van der Waals surface area contributed by atoms with Crippen molar-refractivity contribution in [2.75, 3.05) is 37.7 Å². The molecule has 1 aliphatic rings. The van der Waals surface area contributed by atoms with Crippen molar-refractivity contribution in [3.8, 4) is 0 Å². The number of furan rings is 1. The molecule has 0 radical (unpaired) electrons. The maximum atomic E-state index is 10.2. The molecule has 1 fully saturated rings. The highest BCUT2D eigenvalue weighted by Crippen LogP contribution is 2.29. The Labute approximate surface area is 148 Å². The van der Waals surface area contributed by atoms with E-state index >= 15 is 0 Å². The first-order valence-electron chi connectivity index (χ1n) is 8.88.